The molecule has 42 heavy (non-hydrogen) atoms. The lowest BCUT2D eigenvalue weighted by molar-refractivity contribution is 0.282. The van der Waals surface area contributed by atoms with Crippen molar-refractivity contribution in [2.24, 2.45) is 0 Å². The van der Waals surface area contributed by atoms with Crippen molar-refractivity contribution in [1.29, 1.82) is 0 Å². The smallest absolute Gasteiger partial charge is 0.115 e. The van der Waals surface area contributed by atoms with Crippen LogP contribution >= 0.6 is 0 Å². The van der Waals surface area contributed by atoms with Crippen molar-refractivity contribution < 1.29 is 20.4 Å². The zero-order chi connectivity index (χ0) is 30.7. The largest absolute Gasteiger partial charge is 0.508 e. The molecule has 4 N–H and O–H groups in total. The summed E-state index contributed by atoms with van der Waals surface area (Å²) in [5, 5.41) is 36.0. The Hall–Kier alpha value is -2.04. The second kappa shape index (κ2) is 25.5. The first-order valence-electron chi connectivity index (χ1n) is 17.2. The van der Waals surface area contributed by atoms with Crippen LogP contribution in [0.5, 0.6) is 11.5 Å². The number of unbranched alkanes of at least 4 members (excludes halogenated alkanes) is 20. The topological polar surface area (TPSA) is 80.9 Å². The molecule has 0 aliphatic carbocycles. The number of aromatic hydroxyl groups is 2. The Balaban J connectivity index is 0.000000448. The second-order valence-electron chi connectivity index (χ2n) is 12.6. The summed E-state index contributed by atoms with van der Waals surface area (Å²) in [5.74, 6) is 0.547. The molecule has 2 aromatic rings. The number of phenolic OH excluding ortho intramolecular Hbond substituents is 2. The van der Waals surface area contributed by atoms with Gasteiger partial charge >= 0.3 is 0 Å². The zero-order valence-electron chi connectivity index (χ0n) is 27.2. The Morgan fingerprint density at radius 2 is 0.548 bits per heavy atom. The van der Waals surface area contributed by atoms with Crippen molar-refractivity contribution >= 4 is 0 Å². The van der Waals surface area contributed by atoms with Crippen LogP contribution in [0.15, 0.2) is 48.5 Å². The molecule has 240 valence electrons. The van der Waals surface area contributed by atoms with Crippen molar-refractivity contribution in [2.45, 2.75) is 154 Å². The number of hydrogen-bond donors (Lipinski definition) is 4. The summed E-state index contributed by atoms with van der Waals surface area (Å²) in [6.45, 7) is 4.97. The fourth-order valence-corrected chi connectivity index (χ4v) is 5.51. The summed E-state index contributed by atoms with van der Waals surface area (Å²) in [6.07, 6.45) is 28.3. The molecule has 0 aliphatic rings. The van der Waals surface area contributed by atoms with Gasteiger partial charge in [0.2, 0.25) is 0 Å². The van der Waals surface area contributed by atoms with Gasteiger partial charge in [0.15, 0.2) is 0 Å². The maximum atomic E-state index is 9.30. The first-order valence-corrected chi connectivity index (χ1v) is 17.2. The van der Waals surface area contributed by atoms with Crippen LogP contribution < -0.4 is 0 Å². The Bertz CT molecular complexity index is 775. The Morgan fingerprint density at radius 3 is 0.738 bits per heavy atom. The standard InChI is InChI=1S/C23H48O2.C15H16O2/c24-22-20-18-16-14-12-10-8-6-4-2-1-3-5-7-9-11-13-15-17-19-21-23-25;1-15(2,11-3-7-13(16)8-4-11)12-5-9-14(17)10-6-12/h24-25H,1-23H2;3-10,16-17H,1-2H3. The van der Waals surface area contributed by atoms with Crippen molar-refractivity contribution in [2.75, 3.05) is 13.2 Å². The summed E-state index contributed by atoms with van der Waals surface area (Å²) in [6, 6.07) is 14.4. The number of hydrogen-bond acceptors (Lipinski definition) is 4. The average Bonchev–Trinajstić information content (AvgIpc) is 2.99. The van der Waals surface area contributed by atoms with Gasteiger partial charge in [-0.3, -0.25) is 0 Å². The molecular weight excluding hydrogens is 520 g/mol. The molecule has 0 spiro atoms. The van der Waals surface area contributed by atoms with Crippen LogP contribution in [0, 0.1) is 0 Å². The highest BCUT2D eigenvalue weighted by Crippen LogP contribution is 2.33. The summed E-state index contributed by atoms with van der Waals surface area (Å²) in [7, 11) is 0. The molecule has 0 aromatic heterocycles. The molecule has 0 saturated heterocycles. The lowest BCUT2D eigenvalue weighted by Crippen LogP contribution is -2.18. The molecule has 0 atom stereocenters. The lowest BCUT2D eigenvalue weighted by Gasteiger charge is -2.26. The van der Waals surface area contributed by atoms with E-state index in [-0.39, 0.29) is 16.9 Å². The summed E-state index contributed by atoms with van der Waals surface area (Å²) < 4.78 is 0. The highest BCUT2D eigenvalue weighted by Gasteiger charge is 2.22. The summed E-state index contributed by atoms with van der Waals surface area (Å²) in [5.41, 5.74) is 2.10. The van der Waals surface area contributed by atoms with Gasteiger partial charge in [-0.05, 0) is 48.2 Å². The third-order valence-corrected chi connectivity index (χ3v) is 8.49. The molecule has 0 amide bonds. The Kier molecular flexibility index (Phi) is 23.0. The molecule has 0 radical (unpaired) electrons. The third-order valence-electron chi connectivity index (χ3n) is 8.49. The molecule has 4 heteroatoms. The minimum atomic E-state index is -0.151. The van der Waals surface area contributed by atoms with E-state index in [9.17, 15) is 10.2 Å². The van der Waals surface area contributed by atoms with E-state index in [2.05, 4.69) is 13.8 Å². The van der Waals surface area contributed by atoms with E-state index in [0.717, 1.165) is 24.0 Å². The van der Waals surface area contributed by atoms with E-state index in [1.807, 2.05) is 24.3 Å². The SMILES string of the molecule is CC(C)(c1ccc(O)cc1)c1ccc(O)cc1.OCCCCCCCCCCCCCCCCCCCCCCCO. The molecule has 0 saturated carbocycles. The molecular formula is C38H64O4. The monoisotopic (exact) mass is 584 g/mol. The highest BCUT2D eigenvalue weighted by atomic mass is 16.3. The second-order valence-corrected chi connectivity index (χ2v) is 12.6. The quantitative estimate of drug-likeness (QED) is 0.0925. The number of rotatable bonds is 24. The Morgan fingerprint density at radius 1 is 0.357 bits per heavy atom. The lowest BCUT2D eigenvalue weighted by atomic mass is 9.78. The van der Waals surface area contributed by atoms with Gasteiger partial charge in [-0.2, -0.15) is 0 Å². The molecule has 0 unspecified atom stereocenters. The fourth-order valence-electron chi connectivity index (χ4n) is 5.51. The number of phenols is 2. The normalized spacial score (nSPS) is 11.3. The van der Waals surface area contributed by atoms with Gasteiger partial charge in [-0.1, -0.05) is 160 Å². The van der Waals surface area contributed by atoms with Crippen LogP contribution in [0.25, 0.3) is 0 Å². The predicted molar refractivity (Wildman–Crippen MR) is 179 cm³/mol. The van der Waals surface area contributed by atoms with Gasteiger partial charge in [0.05, 0.1) is 0 Å². The highest BCUT2D eigenvalue weighted by molar-refractivity contribution is 5.41. The molecule has 4 nitrogen and oxygen atoms in total. The van der Waals surface area contributed by atoms with Crippen LogP contribution in [0.3, 0.4) is 0 Å². The molecule has 0 fully saturated rings. The van der Waals surface area contributed by atoms with Gasteiger partial charge in [0.25, 0.3) is 0 Å². The van der Waals surface area contributed by atoms with Crippen LogP contribution in [-0.4, -0.2) is 33.6 Å². The van der Waals surface area contributed by atoms with E-state index in [1.54, 1.807) is 24.3 Å². The van der Waals surface area contributed by atoms with Crippen molar-refractivity contribution in [3.63, 3.8) is 0 Å². The van der Waals surface area contributed by atoms with Crippen LogP contribution in [-0.2, 0) is 5.41 Å². The van der Waals surface area contributed by atoms with E-state index in [4.69, 9.17) is 10.2 Å². The van der Waals surface area contributed by atoms with E-state index >= 15 is 0 Å². The molecule has 2 aromatic carbocycles. The van der Waals surface area contributed by atoms with Crippen molar-refractivity contribution in [3.8, 4) is 11.5 Å². The van der Waals surface area contributed by atoms with Gasteiger partial charge in [0.1, 0.15) is 11.5 Å². The van der Waals surface area contributed by atoms with Crippen LogP contribution in [0.1, 0.15) is 160 Å². The van der Waals surface area contributed by atoms with Gasteiger partial charge < -0.3 is 20.4 Å². The third kappa shape index (κ3) is 19.2. The minimum Gasteiger partial charge on any atom is -0.508 e. The van der Waals surface area contributed by atoms with E-state index < -0.39 is 0 Å². The van der Waals surface area contributed by atoms with Gasteiger partial charge in [-0.25, -0.2) is 0 Å². The Labute approximate surface area is 258 Å². The maximum Gasteiger partial charge on any atom is 0.115 e. The number of aliphatic hydroxyl groups is 2. The molecule has 0 aliphatic heterocycles. The number of benzene rings is 2. The van der Waals surface area contributed by atoms with E-state index in [1.165, 1.54) is 122 Å². The fraction of sp³-hybridized carbons (Fsp3) is 0.684. The summed E-state index contributed by atoms with van der Waals surface area (Å²) in [4.78, 5) is 0. The average molecular weight is 585 g/mol. The predicted octanol–water partition coefficient (Wildman–Crippen LogP) is 10.6. The summed E-state index contributed by atoms with van der Waals surface area (Å²) >= 11 is 0. The van der Waals surface area contributed by atoms with Gasteiger partial charge in [-0.15, -0.1) is 0 Å². The van der Waals surface area contributed by atoms with Gasteiger partial charge in [0, 0.05) is 18.6 Å². The van der Waals surface area contributed by atoms with Crippen LogP contribution in [0.2, 0.25) is 0 Å². The molecule has 0 heterocycles. The van der Waals surface area contributed by atoms with Crippen molar-refractivity contribution in [1.82, 2.24) is 0 Å². The zero-order valence-corrected chi connectivity index (χ0v) is 27.2. The molecule has 0 bridgehead atoms. The maximum absolute atomic E-state index is 9.30. The first-order chi connectivity index (χ1) is 20.4. The minimum absolute atomic E-state index is 0.151. The first kappa shape index (κ1) is 38.0. The number of aliphatic hydroxyl groups excluding tert-OH is 2. The van der Waals surface area contributed by atoms with E-state index in [0.29, 0.717) is 13.2 Å². The van der Waals surface area contributed by atoms with Crippen LogP contribution in [0.4, 0.5) is 0 Å². The van der Waals surface area contributed by atoms with Crippen molar-refractivity contribution in [3.05, 3.63) is 59.7 Å². The molecule has 2 rings (SSSR count).